The lowest BCUT2D eigenvalue weighted by Crippen LogP contribution is -2.71. The molecule has 252 valence electrons. The third-order valence-corrected chi connectivity index (χ3v) is 13.3. The van der Waals surface area contributed by atoms with Crippen LogP contribution in [0.1, 0.15) is 83.5 Å². The molecule has 8 heteroatoms. The summed E-state index contributed by atoms with van der Waals surface area (Å²) in [5.74, 6) is 4.66. The molecule has 12 rings (SSSR count). The number of nitrogens with zero attached hydrogens (tertiary/aromatic N) is 8. The molecule has 8 heterocycles. The zero-order valence-corrected chi connectivity index (χ0v) is 31.5. The average Bonchev–Trinajstić information content (AvgIpc) is 3.83. The van der Waals surface area contributed by atoms with Crippen molar-refractivity contribution in [2.24, 2.45) is 20.0 Å². The first-order valence-corrected chi connectivity index (χ1v) is 18.4. The van der Waals surface area contributed by atoms with Crippen molar-refractivity contribution in [2.45, 2.75) is 82.1 Å². The Balaban J connectivity index is 1.46. The number of benzene rings is 4. The van der Waals surface area contributed by atoms with Gasteiger partial charge < -0.3 is 0 Å². The van der Waals surface area contributed by atoms with E-state index < -0.39 is 5.91 Å². The highest BCUT2D eigenvalue weighted by Crippen LogP contribution is 2.55. The van der Waals surface area contributed by atoms with Crippen LogP contribution in [-0.2, 0) is 5.91 Å². The van der Waals surface area contributed by atoms with Gasteiger partial charge in [-0.1, -0.05) is 50.3 Å². The summed E-state index contributed by atoms with van der Waals surface area (Å²) in [7, 11) is 0. The van der Waals surface area contributed by atoms with Crippen LogP contribution >= 0.6 is 0 Å². The summed E-state index contributed by atoms with van der Waals surface area (Å²) in [6.07, 6.45) is 0. The lowest BCUT2D eigenvalue weighted by molar-refractivity contribution is -0.790. The smallest absolute Gasteiger partial charge is 0.192 e. The third-order valence-electron chi connectivity index (χ3n) is 13.3. The van der Waals surface area contributed by atoms with Crippen LogP contribution in [0.15, 0.2) is 50.3 Å². The van der Waals surface area contributed by atoms with Gasteiger partial charge in [0.2, 0.25) is 22.6 Å². The van der Waals surface area contributed by atoms with E-state index in [4.69, 9.17) is 20.0 Å². The van der Waals surface area contributed by atoms with E-state index in [0.29, 0.717) is 0 Å². The molecule has 8 nitrogen and oxygen atoms in total. The molecule has 0 saturated heterocycles. The zero-order chi connectivity index (χ0) is 35.8. The molecule has 0 N–H and O–H groups in total. The van der Waals surface area contributed by atoms with Crippen molar-refractivity contribution in [1.82, 2.24) is 9.13 Å². The second kappa shape index (κ2) is 8.47. The third kappa shape index (κ3) is 2.69. The summed E-state index contributed by atoms with van der Waals surface area (Å²) in [6, 6.07) is 11.4. The fourth-order valence-electron chi connectivity index (χ4n) is 10.6. The quantitative estimate of drug-likeness (QED) is 0.154. The van der Waals surface area contributed by atoms with Crippen molar-refractivity contribution in [1.29, 1.82) is 0 Å². The van der Waals surface area contributed by atoms with Crippen LogP contribution in [0, 0.1) is 76.2 Å². The molecule has 6 aliphatic rings. The van der Waals surface area contributed by atoms with Gasteiger partial charge in [-0.25, -0.2) is 0 Å². The normalized spacial score (nSPS) is 19.1. The monoisotopic (exact) mass is 678 g/mol. The van der Waals surface area contributed by atoms with Crippen LogP contribution in [0.5, 0.6) is 0 Å². The standard InChI is InChI=1S/C44H38N8/c1-17-12-13-18(2)29-28(17)36-45-38-30-22(6)14-19(3)25(9)33(30)41-47-40-32-24(8)16-21(5)27(11)35(32)43-48-42-34-26(10)20(4)15-23(7)31(34)39-46-37(29)49(36)44(50(38)41,51(39)42)52(40)43/h12-16H,1-11H3/q+2/t44-/m1/s1. The highest BCUT2D eigenvalue weighted by atomic mass is 15.7. The summed E-state index contributed by atoms with van der Waals surface area (Å²) in [5.41, 5.74) is 20.1. The van der Waals surface area contributed by atoms with E-state index >= 15 is 0 Å². The van der Waals surface area contributed by atoms with E-state index in [0.717, 1.165) is 67.9 Å². The number of hydrogen-bond acceptors (Lipinski definition) is 4. The number of hydrogen-bond donors (Lipinski definition) is 0. The van der Waals surface area contributed by atoms with Crippen molar-refractivity contribution >= 4 is 56.5 Å². The van der Waals surface area contributed by atoms with E-state index in [1.807, 2.05) is 0 Å². The summed E-state index contributed by atoms with van der Waals surface area (Å²) >= 11 is 0. The van der Waals surface area contributed by atoms with Gasteiger partial charge in [-0.2, -0.15) is 9.13 Å². The lowest BCUT2D eigenvalue weighted by Gasteiger charge is -2.40. The maximum Gasteiger partial charge on any atom is 0.404 e. The fraction of sp³-hybridized carbons (Fsp3) is 0.273. The first-order chi connectivity index (χ1) is 24.9. The molecule has 1 spiro atoms. The number of amidine groups is 4. The molecular formula is C44H38N8+2. The minimum atomic E-state index is -1.00. The van der Waals surface area contributed by atoms with Crippen LogP contribution in [-0.4, -0.2) is 41.6 Å². The Morgan fingerprint density at radius 2 is 0.865 bits per heavy atom. The van der Waals surface area contributed by atoms with E-state index in [2.05, 4.69) is 125 Å². The topological polar surface area (TPSA) is 65.3 Å². The minimum Gasteiger partial charge on any atom is -0.192 e. The van der Waals surface area contributed by atoms with Crippen molar-refractivity contribution in [3.05, 3.63) is 125 Å². The zero-order valence-electron chi connectivity index (χ0n) is 31.5. The van der Waals surface area contributed by atoms with Gasteiger partial charge in [-0.3, -0.25) is 0 Å². The highest BCUT2D eigenvalue weighted by Gasteiger charge is 2.70. The highest BCUT2D eigenvalue weighted by molar-refractivity contribution is 6.22. The number of aromatic nitrogens is 2. The Bertz CT molecular complexity index is 3170. The van der Waals surface area contributed by atoms with E-state index in [1.165, 1.54) is 83.1 Å². The SMILES string of the molecule is Cc1cc(C)c2c(c1C)C1=Nc3c4c(C)cc(C)c(C)c4c4n3[C@@]35n6c(c7c(C)ccc(C)c7c6=NC6=[N+]3C(=N4)c3c(C)c(C)cc(C)c36)=NC2=[N+]15. The molecule has 0 unspecified atom stereocenters. The van der Waals surface area contributed by atoms with Gasteiger partial charge in [0.25, 0.3) is 23.3 Å². The molecule has 0 amide bonds. The summed E-state index contributed by atoms with van der Waals surface area (Å²) < 4.78 is 9.81. The van der Waals surface area contributed by atoms with Crippen LogP contribution in [0.2, 0.25) is 0 Å². The van der Waals surface area contributed by atoms with E-state index in [9.17, 15) is 0 Å². The largest absolute Gasteiger partial charge is 0.404 e. The maximum atomic E-state index is 5.79. The van der Waals surface area contributed by atoms with Crippen LogP contribution in [0.4, 0.5) is 11.6 Å². The van der Waals surface area contributed by atoms with Crippen LogP contribution < -0.4 is 11.0 Å². The number of aliphatic imine (C=N–C) groups is 2. The molecule has 6 aromatic rings. The fourth-order valence-corrected chi connectivity index (χ4v) is 10.6. The van der Waals surface area contributed by atoms with Gasteiger partial charge in [0.1, 0.15) is 0 Å². The van der Waals surface area contributed by atoms with Gasteiger partial charge in [0.15, 0.2) is 0 Å². The van der Waals surface area contributed by atoms with Gasteiger partial charge in [-0.15, -0.1) is 9.15 Å². The second-order valence-electron chi connectivity index (χ2n) is 16.1. The number of aryl methyl sites for hydroxylation is 9. The molecule has 6 aliphatic heterocycles. The Morgan fingerprint density at radius 3 is 1.37 bits per heavy atom. The van der Waals surface area contributed by atoms with Crippen molar-refractivity contribution in [3.8, 4) is 0 Å². The average molecular weight is 679 g/mol. The molecule has 0 saturated carbocycles. The summed E-state index contributed by atoms with van der Waals surface area (Å²) in [6.45, 7) is 24.6. The summed E-state index contributed by atoms with van der Waals surface area (Å²) in [4.78, 5) is 23.1. The van der Waals surface area contributed by atoms with Gasteiger partial charge in [0, 0.05) is 0 Å². The van der Waals surface area contributed by atoms with Crippen molar-refractivity contribution < 1.29 is 9.15 Å². The molecule has 1 atom stereocenters. The molecule has 0 radical (unpaired) electrons. The Hall–Kier alpha value is -5.76. The second-order valence-corrected chi connectivity index (χ2v) is 16.1. The lowest BCUT2D eigenvalue weighted by atomic mass is 9.93. The van der Waals surface area contributed by atoms with Crippen molar-refractivity contribution in [2.75, 3.05) is 0 Å². The van der Waals surface area contributed by atoms with Crippen LogP contribution in [0.3, 0.4) is 0 Å². The Morgan fingerprint density at radius 1 is 0.423 bits per heavy atom. The van der Waals surface area contributed by atoms with Gasteiger partial charge in [0.05, 0.1) is 43.8 Å². The molecule has 0 fully saturated rings. The van der Waals surface area contributed by atoms with E-state index in [-0.39, 0.29) is 0 Å². The molecular weight excluding hydrogens is 641 g/mol. The predicted octanol–water partition coefficient (Wildman–Crippen LogP) is 7.10. The minimum absolute atomic E-state index is 0.938. The van der Waals surface area contributed by atoms with Crippen molar-refractivity contribution in [3.63, 3.8) is 0 Å². The molecule has 0 bridgehead atoms. The van der Waals surface area contributed by atoms with Gasteiger partial charge in [-0.05, 0) is 137 Å². The molecule has 52 heavy (non-hydrogen) atoms. The molecule has 4 aromatic carbocycles. The van der Waals surface area contributed by atoms with Crippen LogP contribution in [0.25, 0.3) is 21.5 Å². The first-order valence-electron chi connectivity index (χ1n) is 18.4. The maximum absolute atomic E-state index is 5.79. The summed E-state index contributed by atoms with van der Waals surface area (Å²) in [5, 5.41) is 4.65. The molecule has 2 aromatic heterocycles. The van der Waals surface area contributed by atoms with Gasteiger partial charge >= 0.3 is 5.91 Å². The predicted molar refractivity (Wildman–Crippen MR) is 206 cm³/mol. The number of rotatable bonds is 0. The Labute approximate surface area is 300 Å². The molecule has 0 aliphatic carbocycles. The Kier molecular flexibility index (Phi) is 4.71. The van der Waals surface area contributed by atoms with E-state index in [1.54, 1.807) is 0 Å². The first kappa shape index (κ1) is 28.9. The number of fused-ring (bicyclic) bond motifs is 12.